The van der Waals surface area contributed by atoms with Crippen LogP contribution in [0.5, 0.6) is 0 Å². The van der Waals surface area contributed by atoms with Gasteiger partial charge in [-0.25, -0.2) is 0 Å². The Balaban J connectivity index is 1.98. The molecule has 6 nitrogen and oxygen atoms in total. The molecule has 0 saturated carbocycles. The summed E-state index contributed by atoms with van der Waals surface area (Å²) in [6.45, 7) is 6.01. The number of carbonyl (C=O) groups excluding carboxylic acids is 2. The van der Waals surface area contributed by atoms with Crippen molar-refractivity contribution in [1.29, 1.82) is 0 Å². The zero-order valence-corrected chi connectivity index (χ0v) is 12.5. The molecule has 2 rings (SSSR count). The van der Waals surface area contributed by atoms with Crippen molar-refractivity contribution in [2.24, 2.45) is 5.73 Å². The molecular weight excluding hydrogens is 268 g/mol. The van der Waals surface area contributed by atoms with Crippen LogP contribution in [0.3, 0.4) is 0 Å². The van der Waals surface area contributed by atoms with E-state index in [-0.39, 0.29) is 12.5 Å². The summed E-state index contributed by atoms with van der Waals surface area (Å²) in [4.78, 5) is 25.4. The zero-order valence-electron chi connectivity index (χ0n) is 12.5. The first-order chi connectivity index (χ1) is 9.97. The van der Waals surface area contributed by atoms with E-state index in [0.717, 1.165) is 23.4 Å². The average molecular weight is 290 g/mol. The van der Waals surface area contributed by atoms with Gasteiger partial charge in [-0.2, -0.15) is 0 Å². The Labute approximate surface area is 124 Å². The standard InChI is InChI=1S/C15H22N4O2/c1-10-3-4-12(11(2)7-10)18-14(20)9-19-6-5-17-8-13(19)15(16)21/h3-4,7,13,17H,5-6,8-9H2,1-2H3,(H2,16,21)(H,18,20). The minimum Gasteiger partial charge on any atom is -0.368 e. The van der Waals surface area contributed by atoms with Gasteiger partial charge in [-0.1, -0.05) is 17.7 Å². The van der Waals surface area contributed by atoms with E-state index in [1.54, 1.807) is 0 Å². The van der Waals surface area contributed by atoms with Gasteiger partial charge in [-0.15, -0.1) is 0 Å². The minimum absolute atomic E-state index is 0.130. The molecule has 0 radical (unpaired) electrons. The van der Waals surface area contributed by atoms with E-state index in [1.807, 2.05) is 36.9 Å². The van der Waals surface area contributed by atoms with Crippen LogP contribution in [0.15, 0.2) is 18.2 Å². The molecule has 6 heteroatoms. The molecule has 2 amide bonds. The van der Waals surface area contributed by atoms with Crippen molar-refractivity contribution in [3.05, 3.63) is 29.3 Å². The van der Waals surface area contributed by atoms with E-state index in [9.17, 15) is 9.59 Å². The Morgan fingerprint density at radius 3 is 2.86 bits per heavy atom. The third-order valence-corrected chi connectivity index (χ3v) is 3.69. The molecule has 4 N–H and O–H groups in total. The highest BCUT2D eigenvalue weighted by Gasteiger charge is 2.28. The summed E-state index contributed by atoms with van der Waals surface area (Å²) in [6.07, 6.45) is 0. The number of hydrogen-bond acceptors (Lipinski definition) is 4. The van der Waals surface area contributed by atoms with Gasteiger partial charge in [0, 0.05) is 25.3 Å². The molecule has 1 aliphatic heterocycles. The Morgan fingerprint density at radius 2 is 2.19 bits per heavy atom. The van der Waals surface area contributed by atoms with Gasteiger partial charge in [0.05, 0.1) is 6.54 Å². The molecule has 0 aromatic heterocycles. The lowest BCUT2D eigenvalue weighted by molar-refractivity contribution is -0.125. The summed E-state index contributed by atoms with van der Waals surface area (Å²) < 4.78 is 0. The quantitative estimate of drug-likeness (QED) is 0.728. The fourth-order valence-electron chi connectivity index (χ4n) is 2.54. The Kier molecular flexibility index (Phi) is 4.93. The number of carbonyl (C=O) groups is 2. The second-order valence-electron chi connectivity index (χ2n) is 5.46. The van der Waals surface area contributed by atoms with E-state index < -0.39 is 11.9 Å². The summed E-state index contributed by atoms with van der Waals surface area (Å²) >= 11 is 0. The predicted molar refractivity (Wildman–Crippen MR) is 82.0 cm³/mol. The van der Waals surface area contributed by atoms with Crippen molar-refractivity contribution < 1.29 is 9.59 Å². The summed E-state index contributed by atoms with van der Waals surface area (Å²) in [7, 11) is 0. The second kappa shape index (κ2) is 6.69. The molecule has 1 aromatic carbocycles. The van der Waals surface area contributed by atoms with Crippen LogP contribution in [0.25, 0.3) is 0 Å². The lowest BCUT2D eigenvalue weighted by Crippen LogP contribution is -2.58. The second-order valence-corrected chi connectivity index (χ2v) is 5.46. The highest BCUT2D eigenvalue weighted by molar-refractivity contribution is 5.93. The molecule has 1 fully saturated rings. The summed E-state index contributed by atoms with van der Waals surface area (Å²) in [5.74, 6) is -0.531. The Bertz CT molecular complexity index is 544. The molecule has 1 atom stereocenters. The maximum Gasteiger partial charge on any atom is 0.238 e. The smallest absolute Gasteiger partial charge is 0.238 e. The lowest BCUT2D eigenvalue weighted by Gasteiger charge is -2.33. The highest BCUT2D eigenvalue weighted by Crippen LogP contribution is 2.16. The molecule has 114 valence electrons. The number of benzene rings is 1. The van der Waals surface area contributed by atoms with Gasteiger partial charge in [-0.3, -0.25) is 14.5 Å². The van der Waals surface area contributed by atoms with Crippen LogP contribution in [0, 0.1) is 13.8 Å². The van der Waals surface area contributed by atoms with Crippen molar-refractivity contribution in [2.75, 3.05) is 31.5 Å². The maximum atomic E-state index is 12.2. The van der Waals surface area contributed by atoms with Crippen molar-refractivity contribution in [3.63, 3.8) is 0 Å². The first kappa shape index (κ1) is 15.5. The first-order valence-corrected chi connectivity index (χ1v) is 7.08. The molecule has 0 aliphatic carbocycles. The molecule has 0 spiro atoms. The number of aryl methyl sites for hydroxylation is 2. The monoisotopic (exact) mass is 290 g/mol. The van der Waals surface area contributed by atoms with Gasteiger partial charge in [0.25, 0.3) is 0 Å². The third-order valence-electron chi connectivity index (χ3n) is 3.69. The minimum atomic E-state index is -0.427. The van der Waals surface area contributed by atoms with Crippen molar-refractivity contribution >= 4 is 17.5 Å². The summed E-state index contributed by atoms with van der Waals surface area (Å²) in [5.41, 5.74) is 8.35. The topological polar surface area (TPSA) is 87.5 Å². The molecule has 1 unspecified atom stereocenters. The number of rotatable bonds is 4. The largest absolute Gasteiger partial charge is 0.368 e. The van der Waals surface area contributed by atoms with Crippen LogP contribution in [0.4, 0.5) is 5.69 Å². The van der Waals surface area contributed by atoms with Gasteiger partial charge in [0.15, 0.2) is 0 Å². The van der Waals surface area contributed by atoms with Gasteiger partial charge < -0.3 is 16.4 Å². The molecule has 1 aliphatic rings. The van der Waals surface area contributed by atoms with E-state index in [2.05, 4.69) is 10.6 Å². The van der Waals surface area contributed by atoms with Crippen LogP contribution >= 0.6 is 0 Å². The number of nitrogens with zero attached hydrogens (tertiary/aromatic N) is 1. The van der Waals surface area contributed by atoms with Crippen LogP contribution in [-0.4, -0.2) is 48.9 Å². The van der Waals surface area contributed by atoms with E-state index >= 15 is 0 Å². The fraction of sp³-hybridized carbons (Fsp3) is 0.467. The van der Waals surface area contributed by atoms with Gasteiger partial charge >= 0.3 is 0 Å². The number of nitrogens with one attached hydrogen (secondary N) is 2. The summed E-state index contributed by atoms with van der Waals surface area (Å²) in [5, 5.41) is 6.00. The lowest BCUT2D eigenvalue weighted by atomic mass is 10.1. The first-order valence-electron chi connectivity index (χ1n) is 7.08. The molecule has 1 heterocycles. The molecule has 1 aromatic rings. The van der Waals surface area contributed by atoms with Crippen LogP contribution < -0.4 is 16.4 Å². The van der Waals surface area contributed by atoms with E-state index in [4.69, 9.17) is 5.73 Å². The SMILES string of the molecule is Cc1ccc(NC(=O)CN2CCNCC2C(N)=O)c(C)c1. The van der Waals surface area contributed by atoms with Crippen molar-refractivity contribution in [1.82, 2.24) is 10.2 Å². The number of nitrogens with two attached hydrogens (primary N) is 1. The average Bonchev–Trinajstić information content (AvgIpc) is 2.42. The van der Waals surface area contributed by atoms with Gasteiger partial charge in [0.1, 0.15) is 6.04 Å². The van der Waals surface area contributed by atoms with Gasteiger partial charge in [0.2, 0.25) is 11.8 Å². The van der Waals surface area contributed by atoms with Crippen LogP contribution in [0.2, 0.25) is 0 Å². The number of piperazine rings is 1. The Morgan fingerprint density at radius 1 is 1.43 bits per heavy atom. The molecule has 1 saturated heterocycles. The number of primary amides is 1. The number of amides is 2. The highest BCUT2D eigenvalue weighted by atomic mass is 16.2. The van der Waals surface area contributed by atoms with E-state index in [0.29, 0.717) is 13.1 Å². The van der Waals surface area contributed by atoms with Crippen molar-refractivity contribution in [2.45, 2.75) is 19.9 Å². The maximum absolute atomic E-state index is 12.2. The third kappa shape index (κ3) is 4.03. The van der Waals surface area contributed by atoms with Crippen LogP contribution in [0.1, 0.15) is 11.1 Å². The van der Waals surface area contributed by atoms with Crippen molar-refractivity contribution in [3.8, 4) is 0 Å². The van der Waals surface area contributed by atoms with Crippen LogP contribution in [-0.2, 0) is 9.59 Å². The summed E-state index contributed by atoms with van der Waals surface area (Å²) in [6, 6.07) is 5.45. The normalized spacial score (nSPS) is 19.2. The molecule has 21 heavy (non-hydrogen) atoms. The number of anilines is 1. The van der Waals surface area contributed by atoms with E-state index in [1.165, 1.54) is 0 Å². The Hall–Kier alpha value is -1.92. The number of hydrogen-bond donors (Lipinski definition) is 3. The predicted octanol–water partition coefficient (Wildman–Crippen LogP) is 0.00104. The molecule has 0 bridgehead atoms. The zero-order chi connectivity index (χ0) is 15.4. The fourth-order valence-corrected chi connectivity index (χ4v) is 2.54. The molecular formula is C15H22N4O2. The van der Waals surface area contributed by atoms with Gasteiger partial charge in [-0.05, 0) is 25.5 Å².